The average molecular weight is 468 g/mol. The number of nitrogens with zero attached hydrogens (tertiary/aromatic N) is 1. The van der Waals surface area contributed by atoms with Gasteiger partial charge in [0.25, 0.3) is 5.91 Å². The first-order chi connectivity index (χ1) is 16.4. The number of H-pyrrole nitrogens is 1. The first-order valence-corrected chi connectivity index (χ1v) is 12.1. The van der Waals surface area contributed by atoms with E-state index >= 15 is 0 Å². The van der Waals surface area contributed by atoms with Crippen molar-refractivity contribution in [2.45, 2.75) is 64.3 Å². The number of carbonyl (C=O) groups is 2. The molecule has 0 saturated carbocycles. The molecule has 1 unspecified atom stereocenters. The van der Waals surface area contributed by atoms with E-state index in [0.717, 1.165) is 48.0 Å². The molecule has 0 aliphatic carbocycles. The lowest BCUT2D eigenvalue weighted by molar-refractivity contribution is -0.124. The Hall–Kier alpha value is -3.09. The zero-order valence-corrected chi connectivity index (χ0v) is 19.7. The van der Waals surface area contributed by atoms with Crippen LogP contribution in [-0.2, 0) is 11.2 Å². The largest absolute Gasteiger partial charge is 0.492 e. The van der Waals surface area contributed by atoms with Gasteiger partial charge in [-0.05, 0) is 55.8 Å². The van der Waals surface area contributed by atoms with Gasteiger partial charge in [0.1, 0.15) is 29.8 Å². The van der Waals surface area contributed by atoms with Crippen molar-refractivity contribution in [1.29, 1.82) is 5.26 Å². The number of nitrogens with one attached hydrogen (secondary N) is 4. The minimum absolute atomic E-state index is 0.105. The summed E-state index contributed by atoms with van der Waals surface area (Å²) in [7, 11) is 0. The van der Waals surface area contributed by atoms with Crippen LogP contribution in [0.5, 0.6) is 5.75 Å². The number of carbonyl (C=O) groups excluding carboxylic acids is 2. The van der Waals surface area contributed by atoms with Gasteiger partial charge >= 0.3 is 0 Å². The second-order valence-electron chi connectivity index (χ2n) is 9.68. The number of piperidine rings is 1. The maximum absolute atomic E-state index is 13.1. The number of benzene rings is 1. The van der Waals surface area contributed by atoms with E-state index in [0.29, 0.717) is 25.1 Å². The maximum atomic E-state index is 13.1. The maximum Gasteiger partial charge on any atom is 0.268 e. The van der Waals surface area contributed by atoms with Crippen molar-refractivity contribution in [3.8, 4) is 11.8 Å². The molecule has 0 spiro atoms. The predicted molar refractivity (Wildman–Crippen MR) is 127 cm³/mol. The van der Waals surface area contributed by atoms with E-state index < -0.39 is 24.2 Å². The van der Waals surface area contributed by atoms with Gasteiger partial charge < -0.3 is 25.5 Å². The molecule has 2 aliphatic rings. The minimum atomic E-state index is -0.786. The van der Waals surface area contributed by atoms with Crippen molar-refractivity contribution in [2.24, 2.45) is 11.8 Å². The Kier molecular flexibility index (Phi) is 7.39. The highest BCUT2D eigenvalue weighted by Gasteiger charge is 2.30. The molecule has 182 valence electrons. The van der Waals surface area contributed by atoms with Crippen LogP contribution in [0.4, 0.5) is 0 Å². The molecule has 0 bridgehead atoms. The molecular formula is C25H33N5O4. The molecular weight excluding hydrogens is 434 g/mol. The summed E-state index contributed by atoms with van der Waals surface area (Å²) in [4.78, 5) is 29.3. The molecule has 1 fully saturated rings. The van der Waals surface area contributed by atoms with Gasteiger partial charge in [-0.15, -0.1) is 0 Å². The molecule has 9 nitrogen and oxygen atoms in total. The zero-order chi connectivity index (χ0) is 24.2. The molecule has 4 atom stereocenters. The highest BCUT2D eigenvalue weighted by molar-refractivity contribution is 6.01. The van der Waals surface area contributed by atoms with Gasteiger partial charge in [-0.25, -0.2) is 0 Å². The van der Waals surface area contributed by atoms with Gasteiger partial charge in [0, 0.05) is 23.2 Å². The number of aliphatic hydroxyl groups is 1. The van der Waals surface area contributed by atoms with E-state index in [-0.39, 0.29) is 17.7 Å². The number of aliphatic hydroxyl groups excluding tert-OH is 1. The summed E-state index contributed by atoms with van der Waals surface area (Å²) < 4.78 is 5.73. The van der Waals surface area contributed by atoms with E-state index in [2.05, 4.69) is 27.0 Å². The normalized spacial score (nSPS) is 21.4. The fourth-order valence-corrected chi connectivity index (χ4v) is 4.82. The summed E-state index contributed by atoms with van der Waals surface area (Å²) in [5, 5.41) is 29.2. The van der Waals surface area contributed by atoms with Crippen LogP contribution in [0.2, 0.25) is 0 Å². The molecule has 1 aromatic heterocycles. The third-order valence-corrected chi connectivity index (χ3v) is 6.59. The molecule has 4 rings (SSSR count). The minimum Gasteiger partial charge on any atom is -0.492 e. The summed E-state index contributed by atoms with van der Waals surface area (Å²) in [6.45, 7) is 5.32. The lowest BCUT2D eigenvalue weighted by atomic mass is 9.91. The highest BCUT2D eigenvalue weighted by atomic mass is 16.5. The van der Waals surface area contributed by atoms with Crippen LogP contribution in [0.1, 0.15) is 55.6 Å². The molecule has 1 aromatic carbocycles. The molecule has 2 amide bonds. The van der Waals surface area contributed by atoms with Crippen LogP contribution in [0.25, 0.3) is 10.9 Å². The van der Waals surface area contributed by atoms with Crippen molar-refractivity contribution in [2.75, 3.05) is 13.2 Å². The third kappa shape index (κ3) is 5.34. The fourth-order valence-electron chi connectivity index (χ4n) is 4.82. The number of rotatable bonds is 8. The smallest absolute Gasteiger partial charge is 0.268 e. The van der Waals surface area contributed by atoms with Crippen LogP contribution in [0.3, 0.4) is 0 Å². The van der Waals surface area contributed by atoms with Crippen molar-refractivity contribution >= 4 is 22.7 Å². The van der Waals surface area contributed by atoms with E-state index in [1.165, 1.54) is 0 Å². The summed E-state index contributed by atoms with van der Waals surface area (Å²) in [6.07, 6.45) is 2.66. The van der Waals surface area contributed by atoms with E-state index in [1.807, 2.05) is 26.0 Å². The Bertz CT molecular complexity index is 1090. The van der Waals surface area contributed by atoms with Crippen LogP contribution in [0.15, 0.2) is 18.2 Å². The molecule has 9 heteroatoms. The van der Waals surface area contributed by atoms with E-state index in [9.17, 15) is 20.0 Å². The molecule has 2 aromatic rings. The lowest BCUT2D eigenvalue weighted by Gasteiger charge is -2.30. The average Bonchev–Trinajstić information content (AvgIpc) is 3.45. The lowest BCUT2D eigenvalue weighted by Crippen LogP contribution is -2.51. The summed E-state index contributed by atoms with van der Waals surface area (Å²) in [5.41, 5.74) is 2.28. The van der Waals surface area contributed by atoms with Crippen molar-refractivity contribution in [1.82, 2.24) is 20.9 Å². The predicted octanol–water partition coefficient (Wildman–Crippen LogP) is 1.96. The van der Waals surface area contributed by atoms with Crippen molar-refractivity contribution < 1.29 is 19.4 Å². The standard InChI is InChI=1S/C25H33N5O4/c1-14(2)10-20(24(32)28-17(13-26)11-16-4-3-8-27-23(16)31)30-25(33)21-12-18-19(29-21)6-5-15-7-9-34-22(15)18/h5-6,12,14,16-17,20,23,27,29,31H,3-4,7-11H2,1-2H3,(H,28,32)(H,30,33)/t16-,17-,20-,23?/m0/s1. The highest BCUT2D eigenvalue weighted by Crippen LogP contribution is 2.34. The van der Waals surface area contributed by atoms with Crippen LogP contribution < -0.4 is 20.7 Å². The molecule has 34 heavy (non-hydrogen) atoms. The number of hydrogen-bond acceptors (Lipinski definition) is 6. The SMILES string of the molecule is CC(C)C[C@H](NC(=O)c1cc2c3c(ccc2[nH]1)CCO3)C(=O)N[C@H](C#N)C[C@@H]1CCCNC1O. The monoisotopic (exact) mass is 467 g/mol. The van der Waals surface area contributed by atoms with E-state index in [4.69, 9.17) is 4.74 Å². The molecule has 0 radical (unpaired) electrons. The quantitative estimate of drug-likeness (QED) is 0.402. The molecule has 5 N–H and O–H groups in total. The van der Waals surface area contributed by atoms with Gasteiger partial charge in [-0.1, -0.05) is 19.9 Å². The van der Waals surface area contributed by atoms with Crippen molar-refractivity contribution in [3.05, 3.63) is 29.5 Å². The number of aromatic amines is 1. The second kappa shape index (κ2) is 10.5. The number of hydrogen-bond donors (Lipinski definition) is 5. The van der Waals surface area contributed by atoms with Gasteiger partial charge in [0.05, 0.1) is 12.7 Å². The molecule has 2 aliphatic heterocycles. The summed E-state index contributed by atoms with van der Waals surface area (Å²) in [5.74, 6) is 0.0735. The van der Waals surface area contributed by atoms with Gasteiger partial charge in [-0.3, -0.25) is 14.9 Å². The zero-order valence-electron chi connectivity index (χ0n) is 19.7. The Morgan fingerprint density at radius 2 is 2.15 bits per heavy atom. The number of amides is 2. The first-order valence-electron chi connectivity index (χ1n) is 12.1. The first kappa shape index (κ1) is 24.0. The van der Waals surface area contributed by atoms with Crippen molar-refractivity contribution in [3.63, 3.8) is 0 Å². The van der Waals surface area contributed by atoms with Crippen LogP contribution >= 0.6 is 0 Å². The van der Waals surface area contributed by atoms with Crippen LogP contribution in [-0.4, -0.2) is 53.4 Å². The van der Waals surface area contributed by atoms with Gasteiger partial charge in [-0.2, -0.15) is 5.26 Å². The molecule has 3 heterocycles. The fraction of sp³-hybridized carbons (Fsp3) is 0.560. The topological polar surface area (TPSA) is 139 Å². The summed E-state index contributed by atoms with van der Waals surface area (Å²) in [6, 6.07) is 6.29. The van der Waals surface area contributed by atoms with E-state index in [1.54, 1.807) is 6.07 Å². The number of nitriles is 1. The Labute approximate surface area is 199 Å². The Balaban J connectivity index is 1.44. The molecule has 1 saturated heterocycles. The number of aromatic nitrogens is 1. The third-order valence-electron chi connectivity index (χ3n) is 6.59. The second-order valence-corrected chi connectivity index (χ2v) is 9.68. The van der Waals surface area contributed by atoms with Gasteiger partial charge in [0.2, 0.25) is 5.91 Å². The van der Waals surface area contributed by atoms with Crippen LogP contribution in [0, 0.1) is 23.2 Å². The number of ether oxygens (including phenoxy) is 1. The summed E-state index contributed by atoms with van der Waals surface area (Å²) >= 11 is 0. The number of fused-ring (bicyclic) bond motifs is 3. The van der Waals surface area contributed by atoms with Gasteiger partial charge in [0.15, 0.2) is 0 Å². The Morgan fingerprint density at radius 3 is 2.88 bits per heavy atom. The Morgan fingerprint density at radius 1 is 1.32 bits per heavy atom.